The Labute approximate surface area is 81.2 Å². The summed E-state index contributed by atoms with van der Waals surface area (Å²) in [4.78, 5) is 13.8. The van der Waals surface area contributed by atoms with Crippen LogP contribution in [0.2, 0.25) is 0 Å². The van der Waals surface area contributed by atoms with Gasteiger partial charge in [0.15, 0.2) is 0 Å². The predicted octanol–water partition coefficient (Wildman–Crippen LogP) is 1.62. The van der Waals surface area contributed by atoms with Crippen LogP contribution in [-0.2, 0) is 0 Å². The first-order chi connectivity index (χ1) is 6.77. The van der Waals surface area contributed by atoms with Gasteiger partial charge in [-0.3, -0.25) is 4.79 Å². The van der Waals surface area contributed by atoms with Crippen LogP contribution in [0.25, 0.3) is 11.3 Å². The molecular weight excluding hydrogens is 176 g/mol. The summed E-state index contributed by atoms with van der Waals surface area (Å²) in [5.41, 5.74) is 7.92. The predicted molar refractivity (Wildman–Crippen MR) is 56.9 cm³/mol. The maximum absolute atomic E-state index is 11.1. The van der Waals surface area contributed by atoms with Crippen molar-refractivity contribution in [2.24, 2.45) is 0 Å². The van der Waals surface area contributed by atoms with E-state index in [1.165, 1.54) is 6.07 Å². The molecule has 0 aliphatic rings. The molecule has 1 heterocycles. The molecule has 0 bridgehead atoms. The summed E-state index contributed by atoms with van der Waals surface area (Å²) in [6.45, 7) is 0. The van der Waals surface area contributed by atoms with Gasteiger partial charge in [0.25, 0.3) is 0 Å². The van der Waals surface area contributed by atoms with Crippen LogP contribution in [0.15, 0.2) is 47.3 Å². The molecule has 3 nitrogen and oxygen atoms in total. The molecule has 1 aromatic carbocycles. The Balaban J connectivity index is 2.61. The lowest BCUT2D eigenvalue weighted by Gasteiger charge is -2.03. The summed E-state index contributed by atoms with van der Waals surface area (Å²) < 4.78 is 0. The Morgan fingerprint density at radius 3 is 2.50 bits per heavy atom. The Morgan fingerprint density at radius 1 is 1.00 bits per heavy atom. The van der Waals surface area contributed by atoms with E-state index in [1.807, 2.05) is 24.3 Å². The fourth-order valence-corrected chi connectivity index (χ4v) is 1.35. The summed E-state index contributed by atoms with van der Waals surface area (Å²) in [6, 6.07) is 12.4. The molecule has 0 aliphatic heterocycles. The molecule has 0 spiro atoms. The monoisotopic (exact) mass is 186 g/mol. The van der Waals surface area contributed by atoms with Crippen LogP contribution in [0.4, 0.5) is 5.69 Å². The second-order valence-corrected chi connectivity index (χ2v) is 3.02. The number of pyridine rings is 1. The van der Waals surface area contributed by atoms with Gasteiger partial charge in [-0.25, -0.2) is 0 Å². The summed E-state index contributed by atoms with van der Waals surface area (Å²) in [5.74, 6) is 0. The molecule has 70 valence electrons. The molecule has 0 unspecified atom stereocenters. The normalized spacial score (nSPS) is 10.0. The van der Waals surface area contributed by atoms with Gasteiger partial charge < -0.3 is 10.7 Å². The topological polar surface area (TPSA) is 58.9 Å². The van der Waals surface area contributed by atoms with Crippen LogP contribution in [0.1, 0.15) is 0 Å². The standard InChI is InChI=1S/C11H10N2O/c12-9-5-2-1-4-8(9)10-6-3-7-11(14)13-10/h1-7H,12H2,(H,13,14). The van der Waals surface area contributed by atoms with Crippen LogP contribution in [-0.4, -0.2) is 4.98 Å². The maximum atomic E-state index is 11.1. The van der Waals surface area contributed by atoms with Crippen molar-refractivity contribution in [1.29, 1.82) is 0 Å². The second-order valence-electron chi connectivity index (χ2n) is 3.02. The van der Waals surface area contributed by atoms with E-state index in [1.54, 1.807) is 12.1 Å². The SMILES string of the molecule is Nc1ccccc1-c1cccc(=O)[nH]1. The number of hydrogen-bond donors (Lipinski definition) is 2. The molecule has 3 N–H and O–H groups in total. The number of hydrogen-bond acceptors (Lipinski definition) is 2. The summed E-state index contributed by atoms with van der Waals surface area (Å²) >= 11 is 0. The van der Waals surface area contributed by atoms with Gasteiger partial charge in [0.1, 0.15) is 0 Å². The van der Waals surface area contributed by atoms with E-state index in [0.29, 0.717) is 5.69 Å². The highest BCUT2D eigenvalue weighted by Gasteiger charge is 2.00. The molecule has 0 aliphatic carbocycles. The molecule has 14 heavy (non-hydrogen) atoms. The maximum Gasteiger partial charge on any atom is 0.248 e. The third-order valence-corrected chi connectivity index (χ3v) is 2.02. The lowest BCUT2D eigenvalue weighted by molar-refractivity contribution is 1.24. The molecule has 0 saturated heterocycles. The van der Waals surface area contributed by atoms with Gasteiger partial charge in [-0.2, -0.15) is 0 Å². The van der Waals surface area contributed by atoms with Crippen molar-refractivity contribution < 1.29 is 0 Å². The van der Waals surface area contributed by atoms with Crippen molar-refractivity contribution in [3.63, 3.8) is 0 Å². The second kappa shape index (κ2) is 3.38. The zero-order chi connectivity index (χ0) is 9.97. The van der Waals surface area contributed by atoms with Crippen molar-refractivity contribution in [1.82, 2.24) is 4.98 Å². The molecule has 1 aromatic heterocycles. The number of aromatic amines is 1. The summed E-state index contributed by atoms with van der Waals surface area (Å²) in [6.07, 6.45) is 0. The third-order valence-electron chi connectivity index (χ3n) is 2.02. The first-order valence-corrected chi connectivity index (χ1v) is 4.31. The lowest BCUT2D eigenvalue weighted by atomic mass is 10.1. The molecule has 0 fully saturated rings. The van der Waals surface area contributed by atoms with Crippen LogP contribution in [0.3, 0.4) is 0 Å². The zero-order valence-corrected chi connectivity index (χ0v) is 7.53. The fourth-order valence-electron chi connectivity index (χ4n) is 1.35. The first-order valence-electron chi connectivity index (χ1n) is 4.31. The average Bonchev–Trinajstić information content (AvgIpc) is 2.18. The minimum Gasteiger partial charge on any atom is -0.398 e. The van der Waals surface area contributed by atoms with Gasteiger partial charge in [0.05, 0.1) is 5.69 Å². The lowest BCUT2D eigenvalue weighted by Crippen LogP contribution is -2.04. The van der Waals surface area contributed by atoms with Crippen LogP contribution in [0.5, 0.6) is 0 Å². The molecule has 0 atom stereocenters. The average molecular weight is 186 g/mol. The Bertz CT molecular complexity index is 502. The number of nitrogens with one attached hydrogen (secondary N) is 1. The first kappa shape index (κ1) is 8.56. The largest absolute Gasteiger partial charge is 0.398 e. The number of nitrogens with two attached hydrogens (primary N) is 1. The van der Waals surface area contributed by atoms with Gasteiger partial charge in [-0.05, 0) is 12.1 Å². The Morgan fingerprint density at radius 2 is 1.79 bits per heavy atom. The van der Waals surface area contributed by atoms with Gasteiger partial charge in [-0.15, -0.1) is 0 Å². The van der Waals surface area contributed by atoms with Crippen molar-refractivity contribution in [2.75, 3.05) is 5.73 Å². The number of benzene rings is 1. The smallest absolute Gasteiger partial charge is 0.248 e. The quantitative estimate of drug-likeness (QED) is 0.665. The molecular formula is C11H10N2O. The molecule has 2 aromatic rings. The van der Waals surface area contributed by atoms with Crippen LogP contribution >= 0.6 is 0 Å². The third kappa shape index (κ3) is 1.52. The summed E-state index contributed by atoms with van der Waals surface area (Å²) in [5, 5.41) is 0. The van der Waals surface area contributed by atoms with Crippen molar-refractivity contribution in [3.05, 3.63) is 52.8 Å². The molecule has 0 radical (unpaired) electrons. The van der Waals surface area contributed by atoms with E-state index in [9.17, 15) is 4.79 Å². The number of aromatic nitrogens is 1. The van der Waals surface area contributed by atoms with E-state index in [2.05, 4.69) is 4.98 Å². The van der Waals surface area contributed by atoms with Crippen LogP contribution in [0, 0.1) is 0 Å². The van der Waals surface area contributed by atoms with Gasteiger partial charge >= 0.3 is 0 Å². The highest BCUT2D eigenvalue weighted by molar-refractivity contribution is 5.73. The Kier molecular flexibility index (Phi) is 2.07. The van der Waals surface area contributed by atoms with Crippen molar-refractivity contribution in [2.45, 2.75) is 0 Å². The van der Waals surface area contributed by atoms with Crippen molar-refractivity contribution in [3.8, 4) is 11.3 Å². The number of H-pyrrole nitrogens is 1. The minimum absolute atomic E-state index is 0.120. The molecule has 2 rings (SSSR count). The highest BCUT2D eigenvalue weighted by atomic mass is 16.1. The zero-order valence-electron chi connectivity index (χ0n) is 7.53. The molecule has 3 heteroatoms. The van der Waals surface area contributed by atoms with Crippen LogP contribution < -0.4 is 11.3 Å². The van der Waals surface area contributed by atoms with Gasteiger partial charge in [0.2, 0.25) is 5.56 Å². The number of anilines is 1. The number of nitrogen functional groups attached to an aromatic ring is 1. The van der Waals surface area contributed by atoms with Gasteiger partial charge in [-0.1, -0.05) is 24.3 Å². The van der Waals surface area contributed by atoms with E-state index in [4.69, 9.17) is 5.73 Å². The number of rotatable bonds is 1. The minimum atomic E-state index is -0.120. The Hall–Kier alpha value is -2.03. The molecule has 0 saturated carbocycles. The van der Waals surface area contributed by atoms with E-state index >= 15 is 0 Å². The van der Waals surface area contributed by atoms with Gasteiger partial charge in [0, 0.05) is 17.3 Å². The van der Waals surface area contributed by atoms with E-state index in [-0.39, 0.29) is 5.56 Å². The van der Waals surface area contributed by atoms with E-state index in [0.717, 1.165) is 11.3 Å². The number of para-hydroxylation sites is 1. The summed E-state index contributed by atoms with van der Waals surface area (Å²) in [7, 11) is 0. The molecule has 0 amide bonds. The van der Waals surface area contributed by atoms with Crippen molar-refractivity contribution >= 4 is 5.69 Å². The fraction of sp³-hybridized carbons (Fsp3) is 0. The highest BCUT2D eigenvalue weighted by Crippen LogP contribution is 2.21. The van der Waals surface area contributed by atoms with E-state index < -0.39 is 0 Å².